The van der Waals surface area contributed by atoms with Crippen LogP contribution in [0.25, 0.3) is 0 Å². The van der Waals surface area contributed by atoms with Crippen molar-refractivity contribution >= 4 is 0 Å². The molecule has 0 aliphatic carbocycles. The third kappa shape index (κ3) is 3.06. The molecule has 1 atom stereocenters. The second kappa shape index (κ2) is 6.69. The van der Waals surface area contributed by atoms with Crippen molar-refractivity contribution in [3.8, 4) is 5.75 Å². The SMILES string of the molecule is CCc1cc(C(NN)c2ccc(OC)cc2F)n(CC)n1. The lowest BCUT2D eigenvalue weighted by molar-refractivity contribution is 0.409. The Morgan fingerprint density at radius 1 is 1.38 bits per heavy atom. The van der Waals surface area contributed by atoms with E-state index in [-0.39, 0.29) is 5.82 Å². The maximum Gasteiger partial charge on any atom is 0.132 e. The molecule has 2 aromatic rings. The van der Waals surface area contributed by atoms with E-state index in [1.807, 2.05) is 24.6 Å². The molecule has 3 N–H and O–H groups in total. The van der Waals surface area contributed by atoms with Crippen molar-refractivity contribution < 1.29 is 9.13 Å². The molecular weight excluding hydrogens is 271 g/mol. The number of benzene rings is 1. The second-order valence-electron chi connectivity index (χ2n) is 4.72. The fourth-order valence-electron chi connectivity index (χ4n) is 2.35. The highest BCUT2D eigenvalue weighted by molar-refractivity contribution is 5.35. The predicted octanol–water partition coefficient (Wildman–Crippen LogP) is 2.17. The average molecular weight is 292 g/mol. The van der Waals surface area contributed by atoms with Gasteiger partial charge < -0.3 is 4.74 Å². The molecule has 0 aliphatic rings. The molecule has 1 aromatic carbocycles. The van der Waals surface area contributed by atoms with Gasteiger partial charge in [-0.05, 0) is 25.5 Å². The molecule has 0 saturated carbocycles. The zero-order chi connectivity index (χ0) is 15.4. The van der Waals surface area contributed by atoms with Crippen molar-refractivity contribution in [2.24, 2.45) is 5.84 Å². The molecule has 0 radical (unpaired) electrons. The molecule has 0 aliphatic heterocycles. The number of nitrogens with two attached hydrogens (primary N) is 1. The summed E-state index contributed by atoms with van der Waals surface area (Å²) in [6.07, 6.45) is 0.822. The van der Waals surface area contributed by atoms with E-state index in [9.17, 15) is 4.39 Å². The first-order valence-electron chi connectivity index (χ1n) is 7.00. The lowest BCUT2D eigenvalue weighted by Gasteiger charge is -2.18. The summed E-state index contributed by atoms with van der Waals surface area (Å²) in [5, 5.41) is 4.48. The number of nitrogens with one attached hydrogen (secondary N) is 1. The van der Waals surface area contributed by atoms with Gasteiger partial charge in [-0.2, -0.15) is 5.10 Å². The third-order valence-corrected chi connectivity index (χ3v) is 3.50. The maximum atomic E-state index is 14.3. The second-order valence-corrected chi connectivity index (χ2v) is 4.72. The van der Waals surface area contributed by atoms with E-state index in [0.717, 1.165) is 17.8 Å². The normalized spacial score (nSPS) is 12.4. The van der Waals surface area contributed by atoms with Crippen LogP contribution in [0.4, 0.5) is 4.39 Å². The van der Waals surface area contributed by atoms with Crippen molar-refractivity contribution in [3.63, 3.8) is 0 Å². The first-order chi connectivity index (χ1) is 10.1. The topological polar surface area (TPSA) is 65.1 Å². The molecule has 5 nitrogen and oxygen atoms in total. The standard InChI is InChI=1S/C15H21FN4O/c1-4-10-8-14(20(5-2)19-10)15(18-17)12-7-6-11(21-3)9-13(12)16/h6-9,15,18H,4-5,17H2,1-3H3. The van der Waals surface area contributed by atoms with Gasteiger partial charge in [-0.15, -0.1) is 0 Å². The fourth-order valence-corrected chi connectivity index (χ4v) is 2.35. The summed E-state index contributed by atoms with van der Waals surface area (Å²) < 4.78 is 21.1. The zero-order valence-electron chi connectivity index (χ0n) is 12.6. The molecule has 1 unspecified atom stereocenters. The largest absolute Gasteiger partial charge is 0.497 e. The zero-order valence-corrected chi connectivity index (χ0v) is 12.6. The molecular formula is C15H21FN4O. The van der Waals surface area contributed by atoms with Gasteiger partial charge in [-0.1, -0.05) is 13.0 Å². The summed E-state index contributed by atoms with van der Waals surface area (Å²) >= 11 is 0. The Labute approximate surface area is 123 Å². The number of hydrogen-bond acceptors (Lipinski definition) is 4. The number of aromatic nitrogens is 2. The van der Waals surface area contributed by atoms with Crippen LogP contribution in [-0.4, -0.2) is 16.9 Å². The van der Waals surface area contributed by atoms with E-state index in [1.165, 1.54) is 13.2 Å². The Morgan fingerprint density at radius 2 is 2.14 bits per heavy atom. The Kier molecular flexibility index (Phi) is 4.93. The molecule has 0 fully saturated rings. The van der Waals surface area contributed by atoms with Crippen molar-refractivity contribution in [2.75, 3.05) is 7.11 Å². The molecule has 1 aromatic heterocycles. The van der Waals surface area contributed by atoms with E-state index in [0.29, 0.717) is 17.9 Å². The molecule has 6 heteroatoms. The maximum absolute atomic E-state index is 14.3. The van der Waals surface area contributed by atoms with E-state index in [1.54, 1.807) is 12.1 Å². The smallest absolute Gasteiger partial charge is 0.132 e. The van der Waals surface area contributed by atoms with Gasteiger partial charge in [0.05, 0.1) is 24.5 Å². The van der Waals surface area contributed by atoms with E-state index in [2.05, 4.69) is 10.5 Å². The minimum absolute atomic E-state index is 0.362. The number of hydrazine groups is 1. The van der Waals surface area contributed by atoms with Gasteiger partial charge in [0.25, 0.3) is 0 Å². The minimum Gasteiger partial charge on any atom is -0.497 e. The van der Waals surface area contributed by atoms with Crippen molar-refractivity contribution in [3.05, 3.63) is 47.0 Å². The molecule has 0 spiro atoms. The summed E-state index contributed by atoms with van der Waals surface area (Å²) in [6, 6.07) is 6.25. The van der Waals surface area contributed by atoms with E-state index >= 15 is 0 Å². The quantitative estimate of drug-likeness (QED) is 0.632. The summed E-state index contributed by atoms with van der Waals surface area (Å²) in [4.78, 5) is 0. The van der Waals surface area contributed by atoms with Gasteiger partial charge in [0.15, 0.2) is 0 Å². The van der Waals surface area contributed by atoms with Gasteiger partial charge in [0, 0.05) is 18.2 Å². The van der Waals surface area contributed by atoms with Crippen molar-refractivity contribution in [1.29, 1.82) is 0 Å². The number of methoxy groups -OCH3 is 1. The molecule has 1 heterocycles. The van der Waals surface area contributed by atoms with Crippen LogP contribution in [-0.2, 0) is 13.0 Å². The van der Waals surface area contributed by atoms with E-state index in [4.69, 9.17) is 10.6 Å². The van der Waals surface area contributed by atoms with Crippen LogP contribution in [0.2, 0.25) is 0 Å². The highest BCUT2D eigenvalue weighted by atomic mass is 19.1. The number of nitrogens with zero attached hydrogens (tertiary/aromatic N) is 2. The first kappa shape index (κ1) is 15.5. The van der Waals surface area contributed by atoms with Gasteiger partial charge in [-0.3, -0.25) is 10.5 Å². The first-order valence-corrected chi connectivity index (χ1v) is 7.00. The molecule has 0 amide bonds. The molecule has 0 saturated heterocycles. The summed E-state index contributed by atoms with van der Waals surface area (Å²) in [6.45, 7) is 4.73. The van der Waals surface area contributed by atoms with E-state index < -0.39 is 6.04 Å². The Bertz CT molecular complexity index is 612. The lowest BCUT2D eigenvalue weighted by atomic mass is 10.0. The van der Waals surface area contributed by atoms with Gasteiger partial charge in [0.1, 0.15) is 11.6 Å². The van der Waals surface area contributed by atoms with Crippen LogP contribution in [0.5, 0.6) is 5.75 Å². The number of aryl methyl sites for hydroxylation is 2. The Hall–Kier alpha value is -1.92. The summed E-state index contributed by atoms with van der Waals surface area (Å²) in [7, 11) is 1.51. The van der Waals surface area contributed by atoms with Crippen LogP contribution in [0.3, 0.4) is 0 Å². The highest BCUT2D eigenvalue weighted by Gasteiger charge is 2.21. The van der Waals surface area contributed by atoms with Crippen LogP contribution < -0.4 is 16.0 Å². The predicted molar refractivity (Wildman–Crippen MR) is 79.4 cm³/mol. The summed E-state index contributed by atoms with van der Waals surface area (Å²) in [5.41, 5.74) is 4.96. The van der Waals surface area contributed by atoms with Crippen LogP contribution in [0, 0.1) is 5.82 Å². The van der Waals surface area contributed by atoms with Crippen molar-refractivity contribution in [2.45, 2.75) is 32.9 Å². The van der Waals surface area contributed by atoms with Crippen molar-refractivity contribution in [1.82, 2.24) is 15.2 Å². The monoisotopic (exact) mass is 292 g/mol. The lowest BCUT2D eigenvalue weighted by Crippen LogP contribution is -2.31. The average Bonchev–Trinajstić information content (AvgIpc) is 2.92. The van der Waals surface area contributed by atoms with Gasteiger partial charge in [0.2, 0.25) is 0 Å². The van der Waals surface area contributed by atoms with Gasteiger partial charge >= 0.3 is 0 Å². The minimum atomic E-state index is -0.455. The number of ether oxygens (including phenoxy) is 1. The number of hydrogen-bond donors (Lipinski definition) is 2. The summed E-state index contributed by atoms with van der Waals surface area (Å²) in [5.74, 6) is 5.78. The fraction of sp³-hybridized carbons (Fsp3) is 0.400. The number of halogens is 1. The van der Waals surface area contributed by atoms with Crippen LogP contribution in [0.1, 0.15) is 36.8 Å². The molecule has 114 valence electrons. The Morgan fingerprint density at radius 3 is 2.67 bits per heavy atom. The highest BCUT2D eigenvalue weighted by Crippen LogP contribution is 2.27. The number of rotatable bonds is 6. The third-order valence-electron chi connectivity index (χ3n) is 3.50. The van der Waals surface area contributed by atoms with Crippen LogP contribution >= 0.6 is 0 Å². The Balaban J connectivity index is 2.46. The molecule has 21 heavy (non-hydrogen) atoms. The molecule has 0 bridgehead atoms. The van der Waals surface area contributed by atoms with Crippen LogP contribution in [0.15, 0.2) is 24.3 Å². The van der Waals surface area contributed by atoms with Gasteiger partial charge in [-0.25, -0.2) is 9.82 Å². The molecule has 2 rings (SSSR count).